The van der Waals surface area contributed by atoms with Crippen molar-refractivity contribution in [1.29, 1.82) is 5.26 Å². The highest BCUT2D eigenvalue weighted by Crippen LogP contribution is 2.25. The van der Waals surface area contributed by atoms with Crippen molar-refractivity contribution in [3.05, 3.63) is 54.4 Å². The minimum atomic E-state index is -1.02. The fourth-order valence-corrected chi connectivity index (χ4v) is 2.31. The molecule has 0 spiro atoms. The highest BCUT2D eigenvalue weighted by Gasteiger charge is 2.27. The third kappa shape index (κ3) is 2.86. The van der Waals surface area contributed by atoms with Crippen molar-refractivity contribution in [2.45, 2.75) is 10.7 Å². The van der Waals surface area contributed by atoms with Crippen molar-refractivity contribution in [3.8, 4) is 6.07 Å². The van der Waals surface area contributed by atoms with Crippen molar-refractivity contribution in [2.75, 3.05) is 5.75 Å². The van der Waals surface area contributed by atoms with Crippen molar-refractivity contribution < 1.29 is 0 Å². The number of aromatic nitrogens is 2. The zero-order valence-corrected chi connectivity index (χ0v) is 10.5. The maximum atomic E-state index is 9.29. The summed E-state index contributed by atoms with van der Waals surface area (Å²) in [6.07, 6.45) is 3.34. The molecule has 2 N–H and O–H groups in total. The third-order valence-corrected chi connectivity index (χ3v) is 3.53. The van der Waals surface area contributed by atoms with Crippen LogP contribution in [0.25, 0.3) is 0 Å². The van der Waals surface area contributed by atoms with Gasteiger partial charge in [-0.3, -0.25) is 0 Å². The number of benzene rings is 1. The SMILES string of the molecule is N#CC(N)(CSc1ncccn1)c1ccccc1. The van der Waals surface area contributed by atoms with Crippen LogP contribution in [-0.2, 0) is 5.54 Å². The van der Waals surface area contributed by atoms with Crippen LogP contribution in [0.3, 0.4) is 0 Å². The first-order valence-corrected chi connectivity index (χ1v) is 6.39. The van der Waals surface area contributed by atoms with E-state index in [4.69, 9.17) is 5.73 Å². The Balaban J connectivity index is 2.13. The third-order valence-electron chi connectivity index (χ3n) is 2.46. The predicted molar refractivity (Wildman–Crippen MR) is 70.7 cm³/mol. The van der Waals surface area contributed by atoms with Gasteiger partial charge in [0.15, 0.2) is 5.16 Å². The lowest BCUT2D eigenvalue weighted by Crippen LogP contribution is -2.37. The molecule has 5 heteroatoms. The van der Waals surface area contributed by atoms with Crippen molar-refractivity contribution >= 4 is 11.8 Å². The minimum absolute atomic E-state index is 0.414. The predicted octanol–water partition coefficient (Wildman–Crippen LogP) is 1.95. The summed E-state index contributed by atoms with van der Waals surface area (Å²) in [5.41, 5.74) is 5.91. The molecule has 2 aromatic rings. The summed E-state index contributed by atoms with van der Waals surface area (Å²) < 4.78 is 0. The van der Waals surface area contributed by atoms with E-state index in [9.17, 15) is 5.26 Å². The molecule has 18 heavy (non-hydrogen) atoms. The summed E-state index contributed by atoms with van der Waals surface area (Å²) in [7, 11) is 0. The zero-order chi connectivity index (χ0) is 12.8. The van der Waals surface area contributed by atoms with Crippen LogP contribution in [0.5, 0.6) is 0 Å². The van der Waals surface area contributed by atoms with E-state index in [2.05, 4.69) is 16.0 Å². The molecule has 1 aromatic carbocycles. The van der Waals surface area contributed by atoms with Crippen LogP contribution in [-0.4, -0.2) is 15.7 Å². The van der Waals surface area contributed by atoms with E-state index in [1.54, 1.807) is 18.5 Å². The minimum Gasteiger partial charge on any atom is -0.309 e. The molecule has 0 saturated heterocycles. The van der Waals surface area contributed by atoms with Gasteiger partial charge in [-0.1, -0.05) is 42.1 Å². The van der Waals surface area contributed by atoms with E-state index in [0.29, 0.717) is 10.9 Å². The summed E-state index contributed by atoms with van der Waals surface area (Å²) >= 11 is 1.38. The fraction of sp³-hybridized carbons (Fsp3) is 0.154. The number of nitriles is 1. The van der Waals surface area contributed by atoms with Gasteiger partial charge in [0.25, 0.3) is 0 Å². The summed E-state index contributed by atoms with van der Waals surface area (Å²) in [5.74, 6) is 0.414. The van der Waals surface area contributed by atoms with Crippen LogP contribution < -0.4 is 5.73 Å². The molecular formula is C13H12N4S. The summed E-state index contributed by atoms with van der Waals surface area (Å²) in [6.45, 7) is 0. The lowest BCUT2D eigenvalue weighted by Gasteiger charge is -2.20. The summed E-state index contributed by atoms with van der Waals surface area (Å²) in [5, 5.41) is 9.91. The molecule has 0 aliphatic carbocycles. The van der Waals surface area contributed by atoms with Crippen LogP contribution >= 0.6 is 11.8 Å². The Bertz CT molecular complexity index is 538. The molecule has 0 radical (unpaired) electrons. The smallest absolute Gasteiger partial charge is 0.187 e. The second-order valence-corrected chi connectivity index (χ2v) is 4.71. The second kappa shape index (κ2) is 5.63. The highest BCUT2D eigenvalue weighted by atomic mass is 32.2. The summed E-state index contributed by atoms with van der Waals surface area (Å²) in [6, 6.07) is 13.3. The quantitative estimate of drug-likeness (QED) is 0.668. The molecule has 0 saturated carbocycles. The maximum absolute atomic E-state index is 9.29. The monoisotopic (exact) mass is 256 g/mol. The Hall–Kier alpha value is -1.90. The van der Waals surface area contributed by atoms with Gasteiger partial charge in [0.1, 0.15) is 5.54 Å². The molecule has 0 amide bonds. The van der Waals surface area contributed by atoms with Gasteiger partial charge in [0, 0.05) is 18.1 Å². The standard InChI is InChI=1S/C13H12N4S/c14-9-13(15,11-5-2-1-3-6-11)10-18-12-16-7-4-8-17-12/h1-8H,10,15H2. The van der Waals surface area contributed by atoms with E-state index < -0.39 is 5.54 Å². The number of nitrogens with zero attached hydrogens (tertiary/aromatic N) is 3. The van der Waals surface area contributed by atoms with Gasteiger partial charge >= 0.3 is 0 Å². The normalized spacial score (nSPS) is 13.6. The number of hydrogen-bond acceptors (Lipinski definition) is 5. The largest absolute Gasteiger partial charge is 0.309 e. The van der Waals surface area contributed by atoms with E-state index in [1.807, 2.05) is 30.3 Å². The second-order valence-electron chi connectivity index (χ2n) is 3.77. The number of thioether (sulfide) groups is 1. The van der Waals surface area contributed by atoms with Crippen molar-refractivity contribution in [1.82, 2.24) is 9.97 Å². The van der Waals surface area contributed by atoms with Crippen molar-refractivity contribution in [3.63, 3.8) is 0 Å². The Morgan fingerprint density at radius 2 is 1.83 bits per heavy atom. The molecule has 4 nitrogen and oxygen atoms in total. The van der Waals surface area contributed by atoms with Crippen LogP contribution in [0.1, 0.15) is 5.56 Å². The molecule has 0 bridgehead atoms. The maximum Gasteiger partial charge on any atom is 0.187 e. The molecule has 0 aliphatic heterocycles. The Morgan fingerprint density at radius 3 is 2.44 bits per heavy atom. The Kier molecular flexibility index (Phi) is 3.92. The molecule has 1 heterocycles. The average molecular weight is 256 g/mol. The lowest BCUT2D eigenvalue weighted by atomic mass is 9.95. The zero-order valence-electron chi connectivity index (χ0n) is 9.65. The van der Waals surface area contributed by atoms with Gasteiger partial charge in [-0.05, 0) is 11.6 Å². The lowest BCUT2D eigenvalue weighted by molar-refractivity contribution is 0.657. The molecule has 1 unspecified atom stereocenters. The number of nitrogens with two attached hydrogens (primary N) is 1. The molecule has 1 atom stereocenters. The van der Waals surface area contributed by atoms with E-state index in [0.717, 1.165) is 5.56 Å². The Labute approximate surface area is 110 Å². The highest BCUT2D eigenvalue weighted by molar-refractivity contribution is 7.99. The van der Waals surface area contributed by atoms with E-state index >= 15 is 0 Å². The van der Waals surface area contributed by atoms with Crippen LogP contribution in [0.2, 0.25) is 0 Å². The molecule has 0 aliphatic rings. The Morgan fingerprint density at radius 1 is 1.17 bits per heavy atom. The molecule has 2 rings (SSSR count). The molecular weight excluding hydrogens is 244 g/mol. The van der Waals surface area contributed by atoms with Crippen molar-refractivity contribution in [2.24, 2.45) is 5.73 Å². The fourth-order valence-electron chi connectivity index (χ4n) is 1.45. The first-order valence-electron chi connectivity index (χ1n) is 5.40. The molecule has 0 fully saturated rings. The van der Waals surface area contributed by atoms with E-state index in [-0.39, 0.29) is 0 Å². The first-order chi connectivity index (χ1) is 8.74. The van der Waals surface area contributed by atoms with Crippen LogP contribution in [0.15, 0.2) is 53.9 Å². The van der Waals surface area contributed by atoms with Gasteiger partial charge in [-0.15, -0.1) is 0 Å². The average Bonchev–Trinajstić information content (AvgIpc) is 2.47. The van der Waals surface area contributed by atoms with E-state index in [1.165, 1.54) is 11.8 Å². The molecule has 90 valence electrons. The van der Waals surface area contributed by atoms with Crippen LogP contribution in [0.4, 0.5) is 0 Å². The topological polar surface area (TPSA) is 75.6 Å². The van der Waals surface area contributed by atoms with Gasteiger partial charge in [0.05, 0.1) is 6.07 Å². The molecule has 1 aromatic heterocycles. The van der Waals surface area contributed by atoms with Gasteiger partial charge in [-0.25, -0.2) is 9.97 Å². The number of hydrogen-bond donors (Lipinski definition) is 1. The van der Waals surface area contributed by atoms with Crippen LogP contribution in [0, 0.1) is 11.3 Å². The summed E-state index contributed by atoms with van der Waals surface area (Å²) in [4.78, 5) is 8.19. The number of rotatable bonds is 4. The van der Waals surface area contributed by atoms with Gasteiger partial charge in [-0.2, -0.15) is 5.26 Å². The first kappa shape index (κ1) is 12.6. The van der Waals surface area contributed by atoms with Gasteiger partial charge < -0.3 is 5.73 Å². The van der Waals surface area contributed by atoms with Gasteiger partial charge in [0.2, 0.25) is 0 Å².